The Hall–Kier alpha value is -3.67. The van der Waals surface area contributed by atoms with Crippen LogP contribution in [-0.2, 0) is 0 Å². The first-order valence-corrected chi connectivity index (χ1v) is 8.86. The fourth-order valence-corrected chi connectivity index (χ4v) is 3.23. The number of hydrogen-bond donors (Lipinski definition) is 1. The highest BCUT2D eigenvalue weighted by Gasteiger charge is 2.17. The second kappa shape index (κ2) is 7.52. The van der Waals surface area contributed by atoms with E-state index in [9.17, 15) is 0 Å². The van der Waals surface area contributed by atoms with Gasteiger partial charge in [-0.15, -0.1) is 0 Å². The summed E-state index contributed by atoms with van der Waals surface area (Å²) in [7, 11) is 5.16. The number of pyridine rings is 1. The molecule has 0 saturated carbocycles. The molecule has 2 aromatic heterocycles. The molecule has 0 aliphatic carbocycles. The molecule has 0 aliphatic heterocycles. The average Bonchev–Trinajstić information content (AvgIpc) is 2.78. The molecule has 28 heavy (non-hydrogen) atoms. The maximum atomic E-state index is 5.80. The van der Waals surface area contributed by atoms with Gasteiger partial charge in [0.25, 0.3) is 0 Å². The van der Waals surface area contributed by atoms with Crippen LogP contribution in [0, 0.1) is 0 Å². The van der Waals surface area contributed by atoms with Gasteiger partial charge in [-0.25, -0.2) is 9.97 Å². The van der Waals surface area contributed by atoms with Crippen molar-refractivity contribution in [3.8, 4) is 34.0 Å². The number of aromatic nitrogens is 3. The second-order valence-corrected chi connectivity index (χ2v) is 6.16. The van der Waals surface area contributed by atoms with Gasteiger partial charge in [-0.3, -0.25) is 4.98 Å². The van der Waals surface area contributed by atoms with E-state index >= 15 is 0 Å². The summed E-state index contributed by atoms with van der Waals surface area (Å²) < 4.78 is 11.2. The lowest BCUT2D eigenvalue weighted by molar-refractivity contribution is 0.414. The van der Waals surface area contributed by atoms with Gasteiger partial charge in [0.05, 0.1) is 25.1 Å². The van der Waals surface area contributed by atoms with Gasteiger partial charge in [0.2, 0.25) is 0 Å². The Morgan fingerprint density at radius 1 is 0.893 bits per heavy atom. The van der Waals surface area contributed by atoms with Crippen LogP contribution >= 0.6 is 0 Å². The molecule has 1 N–H and O–H groups in total. The number of nitrogens with zero attached hydrogens (tertiary/aromatic N) is 3. The van der Waals surface area contributed by atoms with Gasteiger partial charge in [0, 0.05) is 30.6 Å². The van der Waals surface area contributed by atoms with Crippen LogP contribution in [0.2, 0.25) is 0 Å². The predicted octanol–water partition coefficient (Wildman–Crippen LogP) is 4.42. The third-order valence-electron chi connectivity index (χ3n) is 4.56. The van der Waals surface area contributed by atoms with Crippen molar-refractivity contribution in [3.63, 3.8) is 0 Å². The van der Waals surface area contributed by atoms with Crippen molar-refractivity contribution in [2.24, 2.45) is 0 Å². The van der Waals surface area contributed by atoms with Crippen molar-refractivity contribution in [3.05, 3.63) is 60.9 Å². The van der Waals surface area contributed by atoms with Crippen LogP contribution in [-0.4, -0.2) is 36.2 Å². The van der Waals surface area contributed by atoms with Gasteiger partial charge in [0.15, 0.2) is 5.82 Å². The van der Waals surface area contributed by atoms with Crippen LogP contribution in [0.5, 0.6) is 11.5 Å². The first kappa shape index (κ1) is 17.7. The Morgan fingerprint density at radius 3 is 2.46 bits per heavy atom. The van der Waals surface area contributed by atoms with E-state index in [0.717, 1.165) is 33.3 Å². The summed E-state index contributed by atoms with van der Waals surface area (Å²) in [5, 5.41) is 4.01. The molecule has 6 heteroatoms. The van der Waals surface area contributed by atoms with Gasteiger partial charge in [-0.1, -0.05) is 12.1 Å². The monoisotopic (exact) mass is 372 g/mol. The summed E-state index contributed by atoms with van der Waals surface area (Å²) in [4.78, 5) is 13.6. The molecule has 0 atom stereocenters. The van der Waals surface area contributed by atoms with Crippen molar-refractivity contribution < 1.29 is 9.47 Å². The molecule has 140 valence electrons. The molecule has 2 aromatic carbocycles. The highest BCUT2D eigenvalue weighted by molar-refractivity contribution is 6.00. The van der Waals surface area contributed by atoms with Gasteiger partial charge in [-0.05, 0) is 42.0 Å². The molecule has 4 rings (SSSR count). The third-order valence-corrected chi connectivity index (χ3v) is 4.56. The van der Waals surface area contributed by atoms with Gasteiger partial charge < -0.3 is 14.8 Å². The van der Waals surface area contributed by atoms with Crippen molar-refractivity contribution in [2.75, 3.05) is 26.6 Å². The van der Waals surface area contributed by atoms with Gasteiger partial charge >= 0.3 is 0 Å². The van der Waals surface area contributed by atoms with E-state index in [2.05, 4.69) is 10.3 Å². The van der Waals surface area contributed by atoms with Crippen molar-refractivity contribution in [1.82, 2.24) is 15.0 Å². The van der Waals surface area contributed by atoms with Gasteiger partial charge in [-0.2, -0.15) is 0 Å². The molecule has 0 unspecified atom stereocenters. The molecule has 4 aromatic rings. The Labute approximate surface area is 163 Å². The van der Waals surface area contributed by atoms with E-state index in [1.807, 2.05) is 55.6 Å². The number of hydrogen-bond acceptors (Lipinski definition) is 6. The number of methoxy groups -OCH3 is 2. The van der Waals surface area contributed by atoms with E-state index in [1.54, 1.807) is 26.6 Å². The molecular weight excluding hydrogens is 352 g/mol. The first-order valence-electron chi connectivity index (χ1n) is 8.86. The molecule has 0 saturated heterocycles. The van der Waals surface area contributed by atoms with E-state index in [0.29, 0.717) is 17.4 Å². The Kier molecular flexibility index (Phi) is 4.76. The minimum atomic E-state index is 0.612. The SMILES string of the molecule is CNc1nc(-c2cccnc2)nc2ccc(-c3cccc(OC)c3)c(OC)c12. The molecule has 0 radical (unpaired) electrons. The van der Waals surface area contributed by atoms with Crippen LogP contribution in [0.4, 0.5) is 5.82 Å². The largest absolute Gasteiger partial charge is 0.497 e. The lowest BCUT2D eigenvalue weighted by Crippen LogP contribution is -2.01. The van der Waals surface area contributed by atoms with E-state index in [-0.39, 0.29) is 0 Å². The minimum Gasteiger partial charge on any atom is -0.497 e. The van der Waals surface area contributed by atoms with Crippen molar-refractivity contribution in [2.45, 2.75) is 0 Å². The predicted molar refractivity (Wildman–Crippen MR) is 111 cm³/mol. The van der Waals surface area contributed by atoms with Crippen LogP contribution < -0.4 is 14.8 Å². The quantitative estimate of drug-likeness (QED) is 0.559. The second-order valence-electron chi connectivity index (χ2n) is 6.16. The number of ether oxygens (including phenoxy) is 2. The maximum absolute atomic E-state index is 5.80. The molecule has 0 aliphatic rings. The lowest BCUT2D eigenvalue weighted by Gasteiger charge is -2.15. The van der Waals surface area contributed by atoms with Crippen LogP contribution in [0.3, 0.4) is 0 Å². The Bertz CT molecular complexity index is 1130. The number of nitrogens with one attached hydrogen (secondary N) is 1. The summed E-state index contributed by atoms with van der Waals surface area (Å²) in [6.07, 6.45) is 3.48. The number of benzene rings is 2. The lowest BCUT2D eigenvalue weighted by atomic mass is 10.0. The van der Waals surface area contributed by atoms with Gasteiger partial charge in [0.1, 0.15) is 17.3 Å². The maximum Gasteiger partial charge on any atom is 0.163 e. The Morgan fingerprint density at radius 2 is 1.75 bits per heavy atom. The fraction of sp³-hybridized carbons (Fsp3) is 0.136. The standard InChI is InChI=1S/C22H20N4O2/c1-23-22-19-18(25-21(26-22)15-7-5-11-24-13-15)10-9-17(20(19)28-3)14-6-4-8-16(12-14)27-2/h4-13H,1-3H3,(H,23,25,26). The molecule has 6 nitrogen and oxygen atoms in total. The Balaban J connectivity index is 1.96. The van der Waals surface area contributed by atoms with Crippen LogP contribution in [0.15, 0.2) is 60.9 Å². The summed E-state index contributed by atoms with van der Waals surface area (Å²) in [6.45, 7) is 0. The summed E-state index contributed by atoms with van der Waals surface area (Å²) in [6, 6.07) is 15.7. The average molecular weight is 372 g/mol. The fourth-order valence-electron chi connectivity index (χ4n) is 3.23. The smallest absolute Gasteiger partial charge is 0.163 e. The van der Waals surface area contributed by atoms with E-state index in [4.69, 9.17) is 19.4 Å². The zero-order chi connectivity index (χ0) is 19.5. The molecule has 0 spiro atoms. The van der Waals surface area contributed by atoms with E-state index < -0.39 is 0 Å². The highest BCUT2D eigenvalue weighted by atomic mass is 16.5. The molecule has 0 fully saturated rings. The topological polar surface area (TPSA) is 69.2 Å². The third kappa shape index (κ3) is 3.09. The zero-order valence-corrected chi connectivity index (χ0v) is 15.9. The van der Waals surface area contributed by atoms with Crippen LogP contribution in [0.25, 0.3) is 33.4 Å². The number of fused-ring (bicyclic) bond motifs is 1. The minimum absolute atomic E-state index is 0.612. The molecular formula is C22H20N4O2. The highest BCUT2D eigenvalue weighted by Crippen LogP contribution is 2.40. The van der Waals surface area contributed by atoms with Crippen molar-refractivity contribution >= 4 is 16.7 Å². The summed E-state index contributed by atoms with van der Waals surface area (Å²) in [5.41, 5.74) is 3.60. The van der Waals surface area contributed by atoms with E-state index in [1.165, 1.54) is 0 Å². The summed E-state index contributed by atoms with van der Waals surface area (Å²) >= 11 is 0. The number of anilines is 1. The molecule has 0 amide bonds. The first-order chi connectivity index (χ1) is 13.7. The normalized spacial score (nSPS) is 10.7. The van der Waals surface area contributed by atoms with Crippen LogP contribution in [0.1, 0.15) is 0 Å². The number of rotatable bonds is 5. The zero-order valence-electron chi connectivity index (χ0n) is 15.9. The summed E-state index contributed by atoms with van der Waals surface area (Å²) in [5.74, 6) is 2.82. The molecule has 0 bridgehead atoms. The molecule has 2 heterocycles. The van der Waals surface area contributed by atoms with Crippen molar-refractivity contribution in [1.29, 1.82) is 0 Å².